The van der Waals surface area contributed by atoms with Gasteiger partial charge >= 0.3 is 6.01 Å². The number of aryl methyl sites for hydroxylation is 1. The Bertz CT molecular complexity index is 302. The van der Waals surface area contributed by atoms with Gasteiger partial charge in [0.1, 0.15) is 0 Å². The molecule has 4 heteroatoms. The molecule has 1 heterocycles. The second kappa shape index (κ2) is 6.35. The van der Waals surface area contributed by atoms with Gasteiger partial charge in [-0.15, -0.1) is 0 Å². The number of aromatic nitrogens is 2. The molecule has 0 saturated heterocycles. The van der Waals surface area contributed by atoms with Gasteiger partial charge in [-0.2, -0.15) is 0 Å². The Hall–Kier alpha value is -1.16. The van der Waals surface area contributed by atoms with E-state index < -0.39 is 0 Å². The molecular weight excluding hydrogens is 190 g/mol. The minimum absolute atomic E-state index is 0.459. The summed E-state index contributed by atoms with van der Waals surface area (Å²) in [6.07, 6.45) is 5.16. The third kappa shape index (κ3) is 3.83. The van der Waals surface area contributed by atoms with E-state index in [1.54, 1.807) is 6.20 Å². The van der Waals surface area contributed by atoms with Crippen molar-refractivity contribution < 1.29 is 4.74 Å². The van der Waals surface area contributed by atoms with Crippen molar-refractivity contribution in [3.63, 3.8) is 0 Å². The summed E-state index contributed by atoms with van der Waals surface area (Å²) in [6.45, 7) is 5.25. The fourth-order valence-corrected chi connectivity index (χ4v) is 1.26. The van der Waals surface area contributed by atoms with Crippen LogP contribution in [0.2, 0.25) is 0 Å². The fourth-order valence-electron chi connectivity index (χ4n) is 1.26. The molecule has 4 nitrogen and oxygen atoms in total. The van der Waals surface area contributed by atoms with Crippen LogP contribution in [0.1, 0.15) is 37.4 Å². The number of hydrogen-bond acceptors (Lipinski definition) is 4. The lowest BCUT2D eigenvalue weighted by Gasteiger charge is -2.06. The molecule has 2 N–H and O–H groups in total. The van der Waals surface area contributed by atoms with Crippen molar-refractivity contribution in [2.24, 2.45) is 5.73 Å². The highest BCUT2D eigenvalue weighted by Gasteiger charge is 2.02. The Morgan fingerprint density at radius 1 is 1.40 bits per heavy atom. The van der Waals surface area contributed by atoms with E-state index in [0.29, 0.717) is 19.2 Å². The summed E-state index contributed by atoms with van der Waals surface area (Å²) in [4.78, 5) is 8.32. The molecule has 0 saturated carbocycles. The Balaban J connectivity index is 2.45. The van der Waals surface area contributed by atoms with Crippen LogP contribution in [0.25, 0.3) is 0 Å². The van der Waals surface area contributed by atoms with E-state index in [9.17, 15) is 0 Å². The van der Waals surface area contributed by atoms with Crippen molar-refractivity contribution >= 4 is 0 Å². The van der Waals surface area contributed by atoms with Gasteiger partial charge in [0.2, 0.25) is 0 Å². The first-order valence-corrected chi connectivity index (χ1v) is 5.43. The van der Waals surface area contributed by atoms with Gasteiger partial charge in [-0.1, -0.05) is 19.8 Å². The quantitative estimate of drug-likeness (QED) is 0.726. The molecule has 0 unspecified atom stereocenters. The van der Waals surface area contributed by atoms with Crippen molar-refractivity contribution in [1.82, 2.24) is 9.97 Å². The van der Waals surface area contributed by atoms with E-state index in [2.05, 4.69) is 16.9 Å². The summed E-state index contributed by atoms with van der Waals surface area (Å²) >= 11 is 0. The smallest absolute Gasteiger partial charge is 0.316 e. The number of nitrogens with two attached hydrogens (primary N) is 1. The SMILES string of the molecule is CCCCCOc1ncc(CN)c(C)n1. The number of hydrogen-bond donors (Lipinski definition) is 1. The molecule has 0 radical (unpaired) electrons. The first kappa shape index (κ1) is 11.9. The van der Waals surface area contributed by atoms with Crippen molar-refractivity contribution in [3.05, 3.63) is 17.5 Å². The average molecular weight is 209 g/mol. The molecule has 0 spiro atoms. The second-order valence-electron chi connectivity index (χ2n) is 3.52. The van der Waals surface area contributed by atoms with E-state index in [4.69, 9.17) is 10.5 Å². The first-order chi connectivity index (χ1) is 7.27. The summed E-state index contributed by atoms with van der Waals surface area (Å²) < 4.78 is 5.43. The Kier molecular flexibility index (Phi) is 5.04. The zero-order valence-electron chi connectivity index (χ0n) is 9.49. The van der Waals surface area contributed by atoms with Crippen LogP contribution < -0.4 is 10.5 Å². The molecule has 1 aromatic rings. The van der Waals surface area contributed by atoms with Crippen molar-refractivity contribution in [2.45, 2.75) is 39.7 Å². The molecule has 0 fully saturated rings. The molecule has 0 aromatic carbocycles. The molecule has 1 rings (SSSR count). The van der Waals surface area contributed by atoms with Gasteiger partial charge in [0.25, 0.3) is 0 Å². The van der Waals surface area contributed by atoms with Gasteiger partial charge in [-0.3, -0.25) is 0 Å². The number of nitrogens with zero attached hydrogens (tertiary/aromatic N) is 2. The average Bonchev–Trinajstić information content (AvgIpc) is 2.25. The van der Waals surface area contributed by atoms with Crippen LogP contribution in [0.5, 0.6) is 6.01 Å². The number of ether oxygens (including phenoxy) is 1. The minimum atomic E-state index is 0.459. The predicted octanol–water partition coefficient (Wildman–Crippen LogP) is 1.81. The van der Waals surface area contributed by atoms with Gasteiger partial charge in [0, 0.05) is 24.0 Å². The standard InChI is InChI=1S/C11H19N3O/c1-3-4-5-6-15-11-13-8-10(7-12)9(2)14-11/h8H,3-7,12H2,1-2H3. The maximum atomic E-state index is 5.52. The Morgan fingerprint density at radius 2 is 2.20 bits per heavy atom. The summed E-state index contributed by atoms with van der Waals surface area (Å²) in [7, 11) is 0. The molecule has 0 aliphatic heterocycles. The number of unbranched alkanes of at least 4 members (excludes halogenated alkanes) is 2. The maximum absolute atomic E-state index is 5.52. The molecule has 0 aliphatic rings. The summed E-state index contributed by atoms with van der Waals surface area (Å²) in [5.41, 5.74) is 7.39. The van der Waals surface area contributed by atoms with Crippen LogP contribution in [0.15, 0.2) is 6.20 Å². The van der Waals surface area contributed by atoms with Crippen LogP contribution in [-0.2, 0) is 6.54 Å². The summed E-state index contributed by atoms with van der Waals surface area (Å²) in [5, 5.41) is 0. The van der Waals surface area contributed by atoms with Gasteiger partial charge in [-0.05, 0) is 13.3 Å². The molecule has 1 aromatic heterocycles. The molecule has 15 heavy (non-hydrogen) atoms. The van der Waals surface area contributed by atoms with Gasteiger partial charge < -0.3 is 10.5 Å². The van der Waals surface area contributed by atoms with Crippen LogP contribution in [0.3, 0.4) is 0 Å². The Morgan fingerprint density at radius 3 is 2.80 bits per heavy atom. The highest BCUT2D eigenvalue weighted by atomic mass is 16.5. The highest BCUT2D eigenvalue weighted by Crippen LogP contribution is 2.08. The zero-order valence-corrected chi connectivity index (χ0v) is 9.49. The molecule has 0 aliphatic carbocycles. The summed E-state index contributed by atoms with van der Waals surface area (Å²) in [5.74, 6) is 0. The molecule has 0 atom stereocenters. The van der Waals surface area contributed by atoms with Gasteiger partial charge in [0.15, 0.2) is 0 Å². The Labute approximate surface area is 90.9 Å². The minimum Gasteiger partial charge on any atom is -0.463 e. The molecule has 0 bridgehead atoms. The van der Waals surface area contributed by atoms with E-state index >= 15 is 0 Å². The van der Waals surface area contributed by atoms with Crippen LogP contribution in [0, 0.1) is 6.92 Å². The molecule has 84 valence electrons. The lowest BCUT2D eigenvalue weighted by molar-refractivity contribution is 0.282. The van der Waals surface area contributed by atoms with Crippen molar-refractivity contribution in [2.75, 3.05) is 6.61 Å². The predicted molar refractivity (Wildman–Crippen MR) is 59.7 cm³/mol. The van der Waals surface area contributed by atoms with Gasteiger partial charge in [-0.25, -0.2) is 9.97 Å². The van der Waals surface area contributed by atoms with Crippen molar-refractivity contribution in [3.8, 4) is 6.01 Å². The monoisotopic (exact) mass is 209 g/mol. The second-order valence-corrected chi connectivity index (χ2v) is 3.52. The van der Waals surface area contributed by atoms with Crippen molar-refractivity contribution in [1.29, 1.82) is 0 Å². The van der Waals surface area contributed by atoms with E-state index in [0.717, 1.165) is 17.7 Å². The van der Waals surface area contributed by atoms with Crippen LogP contribution in [0.4, 0.5) is 0 Å². The topological polar surface area (TPSA) is 61.0 Å². The van der Waals surface area contributed by atoms with Crippen LogP contribution >= 0.6 is 0 Å². The molecule has 0 amide bonds. The number of rotatable bonds is 6. The fraction of sp³-hybridized carbons (Fsp3) is 0.636. The van der Waals surface area contributed by atoms with Gasteiger partial charge in [0.05, 0.1) is 6.61 Å². The molecular formula is C11H19N3O. The third-order valence-electron chi connectivity index (χ3n) is 2.26. The largest absolute Gasteiger partial charge is 0.463 e. The van der Waals surface area contributed by atoms with E-state index in [-0.39, 0.29) is 0 Å². The van der Waals surface area contributed by atoms with E-state index in [1.165, 1.54) is 12.8 Å². The first-order valence-electron chi connectivity index (χ1n) is 5.43. The zero-order chi connectivity index (χ0) is 11.1. The lowest BCUT2D eigenvalue weighted by atomic mass is 10.2. The van der Waals surface area contributed by atoms with E-state index in [1.807, 2.05) is 6.92 Å². The lowest BCUT2D eigenvalue weighted by Crippen LogP contribution is -2.06. The maximum Gasteiger partial charge on any atom is 0.316 e. The third-order valence-corrected chi connectivity index (χ3v) is 2.26. The summed E-state index contributed by atoms with van der Waals surface area (Å²) in [6, 6.07) is 0.459. The van der Waals surface area contributed by atoms with Crippen LogP contribution in [-0.4, -0.2) is 16.6 Å². The highest BCUT2D eigenvalue weighted by molar-refractivity contribution is 5.17. The normalized spacial score (nSPS) is 10.3.